The van der Waals surface area contributed by atoms with Crippen LogP contribution in [0.15, 0.2) is 42.5 Å². The quantitative estimate of drug-likeness (QED) is 0.857. The molecular weight excluding hydrogens is 262 g/mol. The second kappa shape index (κ2) is 7.60. The molecular formula is C18H21NO2. The highest BCUT2D eigenvalue weighted by Crippen LogP contribution is 2.26. The summed E-state index contributed by atoms with van der Waals surface area (Å²) in [5.74, 6) is 1.29. The van der Waals surface area contributed by atoms with Gasteiger partial charge in [-0.15, -0.1) is 0 Å². The molecule has 1 aromatic heterocycles. The summed E-state index contributed by atoms with van der Waals surface area (Å²) in [6, 6.07) is 11.5. The van der Waals surface area contributed by atoms with Crippen molar-refractivity contribution in [2.24, 2.45) is 0 Å². The van der Waals surface area contributed by atoms with Crippen molar-refractivity contribution >= 4 is 6.08 Å². The van der Waals surface area contributed by atoms with Crippen molar-refractivity contribution < 1.29 is 9.84 Å². The minimum Gasteiger partial charge on any atom is -0.438 e. The fourth-order valence-electron chi connectivity index (χ4n) is 2.15. The van der Waals surface area contributed by atoms with Crippen molar-refractivity contribution in [3.8, 4) is 11.6 Å². The molecule has 3 nitrogen and oxygen atoms in total. The number of aromatic nitrogens is 1. The highest BCUT2D eigenvalue weighted by atomic mass is 16.5. The molecule has 2 aromatic rings. The number of para-hydroxylation sites is 1. The molecule has 0 bridgehead atoms. The third kappa shape index (κ3) is 4.17. The summed E-state index contributed by atoms with van der Waals surface area (Å²) in [6.45, 7) is 4.07. The van der Waals surface area contributed by atoms with Gasteiger partial charge in [0.05, 0.1) is 6.61 Å². The Balaban J connectivity index is 2.32. The molecule has 0 unspecified atom stereocenters. The molecule has 0 spiro atoms. The Morgan fingerprint density at radius 2 is 2.05 bits per heavy atom. The van der Waals surface area contributed by atoms with Gasteiger partial charge >= 0.3 is 0 Å². The Bertz CT molecular complexity index is 620. The second-order valence-electron chi connectivity index (χ2n) is 4.85. The van der Waals surface area contributed by atoms with Gasteiger partial charge in [-0.1, -0.05) is 43.7 Å². The first-order valence-corrected chi connectivity index (χ1v) is 7.27. The monoisotopic (exact) mass is 283 g/mol. The lowest BCUT2D eigenvalue weighted by Crippen LogP contribution is -1.97. The van der Waals surface area contributed by atoms with Crippen LogP contribution in [0.5, 0.6) is 11.6 Å². The summed E-state index contributed by atoms with van der Waals surface area (Å²) in [4.78, 5) is 4.51. The Kier molecular flexibility index (Phi) is 5.52. The van der Waals surface area contributed by atoms with Gasteiger partial charge < -0.3 is 9.84 Å². The van der Waals surface area contributed by atoms with E-state index in [0.29, 0.717) is 5.88 Å². The smallest absolute Gasteiger partial charge is 0.219 e. The van der Waals surface area contributed by atoms with Crippen LogP contribution >= 0.6 is 0 Å². The molecule has 1 aromatic carbocycles. The molecule has 3 heteroatoms. The first kappa shape index (κ1) is 15.3. The predicted molar refractivity (Wildman–Crippen MR) is 85.4 cm³/mol. The molecule has 21 heavy (non-hydrogen) atoms. The van der Waals surface area contributed by atoms with Crippen molar-refractivity contribution in [1.29, 1.82) is 0 Å². The Morgan fingerprint density at radius 1 is 1.24 bits per heavy atom. The van der Waals surface area contributed by atoms with E-state index in [1.54, 1.807) is 6.07 Å². The van der Waals surface area contributed by atoms with Crippen LogP contribution in [0.3, 0.4) is 0 Å². The lowest BCUT2D eigenvalue weighted by molar-refractivity contribution is 0.280. The molecule has 110 valence electrons. The van der Waals surface area contributed by atoms with Crippen LogP contribution in [0.1, 0.15) is 37.1 Å². The summed E-state index contributed by atoms with van der Waals surface area (Å²) in [7, 11) is 0. The van der Waals surface area contributed by atoms with E-state index in [4.69, 9.17) is 4.74 Å². The molecule has 0 aliphatic carbocycles. The summed E-state index contributed by atoms with van der Waals surface area (Å²) in [6.07, 6.45) is 5.86. The Labute approximate surface area is 125 Å². The van der Waals surface area contributed by atoms with Crippen LogP contribution in [0.25, 0.3) is 6.08 Å². The van der Waals surface area contributed by atoms with E-state index >= 15 is 0 Å². The van der Waals surface area contributed by atoms with Crippen molar-refractivity contribution in [1.82, 2.24) is 4.98 Å². The normalized spacial score (nSPS) is 11.0. The fourth-order valence-corrected chi connectivity index (χ4v) is 2.15. The predicted octanol–water partition coefficient (Wildman–Crippen LogP) is 4.35. The van der Waals surface area contributed by atoms with Crippen LogP contribution < -0.4 is 4.74 Å². The van der Waals surface area contributed by atoms with Gasteiger partial charge in [-0.3, -0.25) is 0 Å². The van der Waals surface area contributed by atoms with Crippen LogP contribution in [-0.4, -0.2) is 10.1 Å². The molecule has 0 aliphatic rings. The lowest BCUT2D eigenvalue weighted by atomic mass is 10.1. The zero-order chi connectivity index (χ0) is 15.1. The zero-order valence-corrected chi connectivity index (χ0v) is 12.5. The Hall–Kier alpha value is -2.13. The molecule has 1 heterocycles. The molecule has 2 rings (SSSR count). The highest BCUT2D eigenvalue weighted by Gasteiger charge is 2.06. The largest absolute Gasteiger partial charge is 0.438 e. The summed E-state index contributed by atoms with van der Waals surface area (Å²) >= 11 is 0. The average molecular weight is 283 g/mol. The third-order valence-corrected chi connectivity index (χ3v) is 3.08. The second-order valence-corrected chi connectivity index (χ2v) is 4.85. The highest BCUT2D eigenvalue weighted by molar-refractivity contribution is 5.57. The fraction of sp³-hybridized carbons (Fsp3) is 0.278. The number of hydrogen-bond acceptors (Lipinski definition) is 3. The van der Waals surface area contributed by atoms with Crippen LogP contribution in [0.4, 0.5) is 0 Å². The van der Waals surface area contributed by atoms with Gasteiger partial charge in [0, 0.05) is 17.3 Å². The van der Waals surface area contributed by atoms with Crippen molar-refractivity contribution in [2.75, 3.05) is 0 Å². The first-order chi connectivity index (χ1) is 10.3. The number of aryl methyl sites for hydroxylation is 1. The molecule has 0 aliphatic heterocycles. The topological polar surface area (TPSA) is 42.4 Å². The zero-order valence-electron chi connectivity index (χ0n) is 12.5. The molecule has 0 amide bonds. The summed E-state index contributed by atoms with van der Waals surface area (Å²) < 4.78 is 5.92. The number of allylic oxidation sites excluding steroid dienone is 1. The maximum atomic E-state index is 9.37. The Morgan fingerprint density at radius 3 is 2.76 bits per heavy atom. The minimum absolute atomic E-state index is 0.00783. The number of aliphatic hydroxyl groups is 1. The number of pyridine rings is 1. The average Bonchev–Trinajstić information content (AvgIpc) is 2.49. The van der Waals surface area contributed by atoms with E-state index in [1.807, 2.05) is 49.4 Å². The summed E-state index contributed by atoms with van der Waals surface area (Å²) in [5, 5.41) is 9.37. The standard InChI is InChI=1S/C18H21NO2/c1-3-7-15-9-5-6-10-17(15)21-18-12-14(13-20)11-16(19-18)8-4-2/h3,5-7,9-12,20H,4,8,13H2,1-2H3/b7-3+. The maximum absolute atomic E-state index is 9.37. The van der Waals surface area contributed by atoms with E-state index < -0.39 is 0 Å². The maximum Gasteiger partial charge on any atom is 0.219 e. The van der Waals surface area contributed by atoms with Crippen LogP contribution in [-0.2, 0) is 13.0 Å². The van der Waals surface area contributed by atoms with E-state index in [0.717, 1.165) is 35.4 Å². The van der Waals surface area contributed by atoms with Crippen LogP contribution in [0, 0.1) is 0 Å². The van der Waals surface area contributed by atoms with Gasteiger partial charge in [0.1, 0.15) is 5.75 Å². The number of rotatable bonds is 6. The number of benzene rings is 1. The number of ether oxygens (including phenoxy) is 1. The van der Waals surface area contributed by atoms with Gasteiger partial charge in [-0.05, 0) is 31.0 Å². The van der Waals surface area contributed by atoms with E-state index in [-0.39, 0.29) is 6.61 Å². The molecule has 0 saturated heterocycles. The van der Waals surface area contributed by atoms with E-state index in [9.17, 15) is 5.11 Å². The number of hydrogen-bond donors (Lipinski definition) is 1. The summed E-state index contributed by atoms with van der Waals surface area (Å²) in [5.41, 5.74) is 2.78. The van der Waals surface area contributed by atoms with Gasteiger partial charge in [0.25, 0.3) is 0 Å². The molecule has 0 atom stereocenters. The molecule has 0 saturated carbocycles. The molecule has 1 N–H and O–H groups in total. The third-order valence-electron chi connectivity index (χ3n) is 3.08. The SMILES string of the molecule is C/C=C/c1ccccc1Oc1cc(CO)cc(CCC)n1. The van der Waals surface area contributed by atoms with Crippen molar-refractivity contribution in [3.63, 3.8) is 0 Å². The van der Waals surface area contributed by atoms with Crippen molar-refractivity contribution in [2.45, 2.75) is 33.3 Å². The lowest BCUT2D eigenvalue weighted by Gasteiger charge is -2.10. The first-order valence-electron chi connectivity index (χ1n) is 7.27. The van der Waals surface area contributed by atoms with Gasteiger partial charge in [0.2, 0.25) is 5.88 Å². The number of aliphatic hydroxyl groups excluding tert-OH is 1. The van der Waals surface area contributed by atoms with Gasteiger partial charge in [0.15, 0.2) is 0 Å². The molecule has 0 fully saturated rings. The molecule has 0 radical (unpaired) electrons. The minimum atomic E-state index is -0.00783. The van der Waals surface area contributed by atoms with Gasteiger partial charge in [-0.25, -0.2) is 4.98 Å². The van der Waals surface area contributed by atoms with Gasteiger partial charge in [-0.2, -0.15) is 0 Å². The van der Waals surface area contributed by atoms with E-state index in [1.165, 1.54) is 0 Å². The van der Waals surface area contributed by atoms with Crippen molar-refractivity contribution in [3.05, 3.63) is 59.3 Å². The van der Waals surface area contributed by atoms with Crippen LogP contribution in [0.2, 0.25) is 0 Å². The van der Waals surface area contributed by atoms with E-state index in [2.05, 4.69) is 11.9 Å². The number of nitrogens with zero attached hydrogens (tertiary/aromatic N) is 1.